The topological polar surface area (TPSA) is 69.6 Å². The Balaban J connectivity index is 1.99. The predicted octanol–water partition coefficient (Wildman–Crippen LogP) is 2.14. The molecule has 18 heavy (non-hydrogen) atoms. The third-order valence-corrected chi connectivity index (χ3v) is 3.37. The largest absolute Gasteiger partial charge is 0.481 e. The number of carbonyl (C=O) groups excluding carboxylic acids is 1. The summed E-state index contributed by atoms with van der Waals surface area (Å²) in [7, 11) is 0. The van der Waals surface area contributed by atoms with Gasteiger partial charge < -0.3 is 15.3 Å². The second kappa shape index (κ2) is 4.93. The van der Waals surface area contributed by atoms with Crippen LogP contribution >= 0.6 is 15.9 Å². The maximum atomic E-state index is 13.4. The summed E-state index contributed by atoms with van der Waals surface area (Å²) in [6, 6.07) is 3.85. The SMILES string of the molecule is O=C(O)C1CN(C(=O)Nc2c(F)cccc2Br)C1. The first-order chi connectivity index (χ1) is 8.49. The molecule has 96 valence electrons. The van der Waals surface area contributed by atoms with E-state index in [4.69, 9.17) is 5.11 Å². The standard InChI is InChI=1S/C11H10BrFN2O3/c12-7-2-1-3-8(13)9(7)14-11(18)15-4-6(5-15)10(16)17/h1-3,6H,4-5H2,(H,14,18)(H,16,17). The van der Waals surface area contributed by atoms with E-state index in [1.54, 1.807) is 6.07 Å². The smallest absolute Gasteiger partial charge is 0.322 e. The Morgan fingerprint density at radius 3 is 2.67 bits per heavy atom. The number of carboxylic acid groups (broad SMARTS) is 1. The van der Waals surface area contributed by atoms with Crippen molar-refractivity contribution in [3.63, 3.8) is 0 Å². The van der Waals surface area contributed by atoms with Gasteiger partial charge in [0.2, 0.25) is 0 Å². The van der Waals surface area contributed by atoms with Crippen molar-refractivity contribution < 1.29 is 19.1 Å². The summed E-state index contributed by atoms with van der Waals surface area (Å²) >= 11 is 3.13. The van der Waals surface area contributed by atoms with Crippen LogP contribution < -0.4 is 5.32 Å². The number of hydrogen-bond acceptors (Lipinski definition) is 2. The van der Waals surface area contributed by atoms with Crippen molar-refractivity contribution in [2.45, 2.75) is 0 Å². The molecule has 5 nitrogen and oxygen atoms in total. The lowest BCUT2D eigenvalue weighted by Crippen LogP contribution is -2.54. The van der Waals surface area contributed by atoms with Gasteiger partial charge in [-0.05, 0) is 28.1 Å². The van der Waals surface area contributed by atoms with Crippen LogP contribution in [0.5, 0.6) is 0 Å². The number of likely N-dealkylation sites (tertiary alicyclic amines) is 1. The van der Waals surface area contributed by atoms with Gasteiger partial charge in [-0.2, -0.15) is 0 Å². The van der Waals surface area contributed by atoms with E-state index in [0.717, 1.165) is 0 Å². The van der Waals surface area contributed by atoms with Crippen LogP contribution in [0.3, 0.4) is 0 Å². The predicted molar refractivity (Wildman–Crippen MR) is 65.8 cm³/mol. The maximum absolute atomic E-state index is 13.4. The van der Waals surface area contributed by atoms with Gasteiger partial charge in [0.25, 0.3) is 0 Å². The van der Waals surface area contributed by atoms with Crippen molar-refractivity contribution in [3.8, 4) is 0 Å². The molecule has 1 fully saturated rings. The number of anilines is 1. The van der Waals surface area contributed by atoms with Gasteiger partial charge in [-0.15, -0.1) is 0 Å². The number of carboxylic acids is 1. The lowest BCUT2D eigenvalue weighted by molar-refractivity contribution is -0.145. The molecule has 0 saturated carbocycles. The zero-order chi connectivity index (χ0) is 13.3. The minimum absolute atomic E-state index is 0.0567. The van der Waals surface area contributed by atoms with E-state index in [2.05, 4.69) is 21.2 Å². The Hall–Kier alpha value is -1.63. The molecule has 2 amide bonds. The van der Waals surface area contributed by atoms with E-state index in [-0.39, 0.29) is 18.8 Å². The van der Waals surface area contributed by atoms with Crippen molar-refractivity contribution in [2.24, 2.45) is 5.92 Å². The highest BCUT2D eigenvalue weighted by molar-refractivity contribution is 9.10. The minimum atomic E-state index is -0.925. The highest BCUT2D eigenvalue weighted by atomic mass is 79.9. The summed E-state index contributed by atoms with van der Waals surface area (Å²) in [4.78, 5) is 23.6. The maximum Gasteiger partial charge on any atom is 0.322 e. The van der Waals surface area contributed by atoms with E-state index in [0.29, 0.717) is 4.47 Å². The van der Waals surface area contributed by atoms with Crippen molar-refractivity contribution in [3.05, 3.63) is 28.5 Å². The lowest BCUT2D eigenvalue weighted by atomic mass is 10.0. The number of amides is 2. The number of carbonyl (C=O) groups is 2. The second-order valence-electron chi connectivity index (χ2n) is 3.97. The van der Waals surface area contributed by atoms with Crippen LogP contribution in [0.15, 0.2) is 22.7 Å². The number of para-hydroxylation sites is 1. The molecule has 1 aliphatic heterocycles. The summed E-state index contributed by atoms with van der Waals surface area (Å²) in [5.74, 6) is -2.00. The van der Waals surface area contributed by atoms with Gasteiger partial charge in [0.1, 0.15) is 5.82 Å². The van der Waals surface area contributed by atoms with E-state index >= 15 is 0 Å². The molecule has 0 spiro atoms. The van der Waals surface area contributed by atoms with Crippen LogP contribution in [0.4, 0.5) is 14.9 Å². The Labute approximate surface area is 111 Å². The van der Waals surface area contributed by atoms with Crippen molar-refractivity contribution in [1.82, 2.24) is 4.90 Å². The second-order valence-corrected chi connectivity index (χ2v) is 4.82. The number of nitrogens with zero attached hydrogens (tertiary/aromatic N) is 1. The first kappa shape index (κ1) is 12.8. The van der Waals surface area contributed by atoms with Crippen molar-refractivity contribution in [1.29, 1.82) is 0 Å². The first-order valence-electron chi connectivity index (χ1n) is 5.22. The molecule has 0 unspecified atom stereocenters. The van der Waals surface area contributed by atoms with E-state index in [1.165, 1.54) is 17.0 Å². The van der Waals surface area contributed by atoms with Crippen molar-refractivity contribution in [2.75, 3.05) is 18.4 Å². The highest BCUT2D eigenvalue weighted by Gasteiger charge is 2.35. The Kier molecular flexibility index (Phi) is 3.51. The summed E-state index contributed by atoms with van der Waals surface area (Å²) < 4.78 is 13.9. The molecule has 1 saturated heterocycles. The summed E-state index contributed by atoms with van der Waals surface area (Å²) in [6.45, 7) is 0.292. The Morgan fingerprint density at radius 1 is 1.44 bits per heavy atom. The number of halogens is 2. The molecule has 2 rings (SSSR count). The number of nitrogens with one attached hydrogen (secondary N) is 1. The zero-order valence-electron chi connectivity index (χ0n) is 9.19. The van der Waals surface area contributed by atoms with Crippen LogP contribution in [0.1, 0.15) is 0 Å². The molecule has 0 radical (unpaired) electrons. The van der Waals surface area contributed by atoms with Gasteiger partial charge in [0, 0.05) is 17.6 Å². The lowest BCUT2D eigenvalue weighted by Gasteiger charge is -2.36. The fraction of sp³-hybridized carbons (Fsp3) is 0.273. The zero-order valence-corrected chi connectivity index (χ0v) is 10.8. The summed E-state index contributed by atoms with van der Waals surface area (Å²) in [6.07, 6.45) is 0. The van der Waals surface area contributed by atoms with E-state index < -0.39 is 23.7 Å². The van der Waals surface area contributed by atoms with Crippen molar-refractivity contribution >= 4 is 33.6 Å². The fourth-order valence-corrected chi connectivity index (χ4v) is 2.04. The number of aliphatic carboxylic acids is 1. The molecule has 1 aromatic carbocycles. The quantitative estimate of drug-likeness (QED) is 0.878. The molecular formula is C11H10BrFN2O3. The van der Waals surface area contributed by atoms with Gasteiger partial charge in [-0.3, -0.25) is 4.79 Å². The van der Waals surface area contributed by atoms with Gasteiger partial charge in [0.15, 0.2) is 0 Å². The van der Waals surface area contributed by atoms with Crippen LogP contribution in [0, 0.1) is 11.7 Å². The number of hydrogen-bond donors (Lipinski definition) is 2. The molecule has 0 atom stereocenters. The summed E-state index contributed by atoms with van der Waals surface area (Å²) in [5.41, 5.74) is 0.0567. The van der Waals surface area contributed by atoms with E-state index in [1.807, 2.05) is 0 Å². The third-order valence-electron chi connectivity index (χ3n) is 2.71. The van der Waals surface area contributed by atoms with Crippen LogP contribution in [0.25, 0.3) is 0 Å². The molecule has 0 bridgehead atoms. The number of urea groups is 1. The van der Waals surface area contributed by atoms with Gasteiger partial charge in [0.05, 0.1) is 11.6 Å². The number of benzene rings is 1. The average Bonchev–Trinajstić information content (AvgIpc) is 2.21. The van der Waals surface area contributed by atoms with Crippen LogP contribution in [-0.4, -0.2) is 35.1 Å². The first-order valence-corrected chi connectivity index (χ1v) is 6.01. The van der Waals surface area contributed by atoms with Crippen LogP contribution in [0.2, 0.25) is 0 Å². The summed E-state index contributed by atoms with van der Waals surface area (Å²) in [5, 5.41) is 11.1. The van der Waals surface area contributed by atoms with Gasteiger partial charge in [-0.1, -0.05) is 6.07 Å². The Morgan fingerprint density at radius 2 is 2.11 bits per heavy atom. The molecule has 1 aromatic rings. The fourth-order valence-electron chi connectivity index (χ4n) is 1.60. The normalized spacial score (nSPS) is 15.1. The third kappa shape index (κ3) is 2.45. The highest BCUT2D eigenvalue weighted by Crippen LogP contribution is 2.26. The molecule has 1 aliphatic rings. The van der Waals surface area contributed by atoms with E-state index in [9.17, 15) is 14.0 Å². The van der Waals surface area contributed by atoms with Gasteiger partial charge in [-0.25, -0.2) is 9.18 Å². The molecule has 1 heterocycles. The minimum Gasteiger partial charge on any atom is -0.481 e. The monoisotopic (exact) mass is 316 g/mol. The van der Waals surface area contributed by atoms with Gasteiger partial charge >= 0.3 is 12.0 Å². The molecule has 0 aromatic heterocycles. The Bertz CT molecular complexity index is 483. The molecular weight excluding hydrogens is 307 g/mol. The average molecular weight is 317 g/mol. The molecule has 2 N–H and O–H groups in total. The molecule has 0 aliphatic carbocycles. The molecule has 7 heteroatoms. The number of rotatable bonds is 2. The van der Waals surface area contributed by atoms with Crippen LogP contribution in [-0.2, 0) is 4.79 Å².